The highest BCUT2D eigenvalue weighted by molar-refractivity contribution is 6.32. The van der Waals surface area contributed by atoms with Gasteiger partial charge in [-0.15, -0.1) is 0 Å². The molecule has 0 saturated heterocycles. The molecule has 142 valence electrons. The fourth-order valence-corrected chi connectivity index (χ4v) is 2.64. The van der Waals surface area contributed by atoms with Gasteiger partial charge >= 0.3 is 0 Å². The van der Waals surface area contributed by atoms with Gasteiger partial charge < -0.3 is 18.9 Å². The minimum Gasteiger partial charge on any atom is -0.494 e. The molecular weight excluding hydrogens is 372 g/mol. The van der Waals surface area contributed by atoms with Crippen LogP contribution in [0.3, 0.4) is 0 Å². The fraction of sp³-hybridized carbons (Fsp3) is 0.263. The van der Waals surface area contributed by atoms with E-state index in [4.69, 9.17) is 30.5 Å². The van der Waals surface area contributed by atoms with Gasteiger partial charge in [-0.05, 0) is 55.8 Å². The van der Waals surface area contributed by atoms with Crippen molar-refractivity contribution >= 4 is 23.7 Å². The van der Waals surface area contributed by atoms with E-state index < -0.39 is 6.10 Å². The molecule has 1 aliphatic rings. The fourth-order valence-electron chi connectivity index (χ4n) is 2.36. The number of benzene rings is 2. The van der Waals surface area contributed by atoms with Gasteiger partial charge in [0.05, 0.1) is 17.8 Å². The average molecular weight is 391 g/mol. The molecule has 0 spiro atoms. The first kappa shape index (κ1) is 18.8. The predicted octanol–water partition coefficient (Wildman–Crippen LogP) is 3.39. The SMILES string of the molecule is CCOc1ccc(O[C@H](C)C(=O)N/N=C\c2cc(Cl)c3c(c2)OCO3)cc1. The van der Waals surface area contributed by atoms with Crippen LogP contribution in [0.4, 0.5) is 0 Å². The van der Waals surface area contributed by atoms with E-state index >= 15 is 0 Å². The average Bonchev–Trinajstić information content (AvgIpc) is 3.12. The van der Waals surface area contributed by atoms with Crippen LogP contribution in [0.2, 0.25) is 5.02 Å². The lowest BCUT2D eigenvalue weighted by Crippen LogP contribution is -2.33. The Balaban J connectivity index is 1.54. The van der Waals surface area contributed by atoms with Crippen LogP contribution in [0, 0.1) is 0 Å². The maximum atomic E-state index is 12.1. The van der Waals surface area contributed by atoms with Gasteiger partial charge in [0.15, 0.2) is 17.6 Å². The van der Waals surface area contributed by atoms with Gasteiger partial charge in [-0.2, -0.15) is 5.10 Å². The Labute approximate surface area is 161 Å². The van der Waals surface area contributed by atoms with Crippen molar-refractivity contribution in [3.05, 3.63) is 47.0 Å². The number of amides is 1. The number of hydrazone groups is 1. The molecule has 3 rings (SSSR count). The molecule has 1 atom stereocenters. The first-order valence-corrected chi connectivity index (χ1v) is 8.76. The van der Waals surface area contributed by atoms with Crippen molar-refractivity contribution in [3.8, 4) is 23.0 Å². The molecule has 27 heavy (non-hydrogen) atoms. The molecule has 2 aromatic carbocycles. The molecule has 1 aliphatic heterocycles. The van der Waals surface area contributed by atoms with Crippen molar-refractivity contribution in [1.29, 1.82) is 0 Å². The van der Waals surface area contributed by atoms with Gasteiger partial charge in [0.1, 0.15) is 11.5 Å². The summed E-state index contributed by atoms with van der Waals surface area (Å²) in [6.45, 7) is 4.27. The molecule has 0 fully saturated rings. The summed E-state index contributed by atoms with van der Waals surface area (Å²) in [7, 11) is 0. The third-order valence-corrected chi connectivity index (χ3v) is 3.94. The number of nitrogens with one attached hydrogen (secondary N) is 1. The summed E-state index contributed by atoms with van der Waals surface area (Å²) in [6, 6.07) is 10.4. The standard InChI is InChI=1S/C19H19ClN2O5/c1-3-24-14-4-6-15(7-5-14)27-12(2)19(23)22-21-10-13-8-16(20)18-17(9-13)25-11-26-18/h4-10,12H,3,11H2,1-2H3,(H,22,23)/b21-10-/t12-/m1/s1. The number of halogens is 1. The Morgan fingerprint density at radius 3 is 2.78 bits per heavy atom. The van der Waals surface area contributed by atoms with E-state index in [1.165, 1.54) is 6.21 Å². The van der Waals surface area contributed by atoms with E-state index in [-0.39, 0.29) is 12.7 Å². The number of carbonyl (C=O) groups is 1. The molecule has 0 radical (unpaired) electrons. The lowest BCUT2D eigenvalue weighted by atomic mass is 10.2. The molecule has 1 N–H and O–H groups in total. The molecule has 0 unspecified atom stereocenters. The minimum absolute atomic E-state index is 0.132. The third-order valence-electron chi connectivity index (χ3n) is 3.65. The summed E-state index contributed by atoms with van der Waals surface area (Å²) in [5.74, 6) is 1.98. The predicted molar refractivity (Wildman–Crippen MR) is 101 cm³/mol. The summed E-state index contributed by atoms with van der Waals surface area (Å²) in [5.41, 5.74) is 3.11. The van der Waals surface area contributed by atoms with Crippen LogP contribution < -0.4 is 24.4 Å². The molecule has 1 amide bonds. The Bertz CT molecular complexity index is 839. The molecule has 1 heterocycles. The van der Waals surface area contributed by atoms with Crippen LogP contribution in [0.25, 0.3) is 0 Å². The van der Waals surface area contributed by atoms with E-state index in [1.54, 1.807) is 43.3 Å². The maximum absolute atomic E-state index is 12.1. The van der Waals surface area contributed by atoms with Crippen LogP contribution in [-0.4, -0.2) is 31.6 Å². The molecule has 8 heteroatoms. The number of carbonyl (C=O) groups excluding carboxylic acids is 1. The summed E-state index contributed by atoms with van der Waals surface area (Å²) >= 11 is 6.10. The van der Waals surface area contributed by atoms with Crippen LogP contribution in [0.1, 0.15) is 19.4 Å². The number of hydrogen-bond acceptors (Lipinski definition) is 6. The second-order valence-electron chi connectivity index (χ2n) is 5.64. The second kappa shape index (κ2) is 8.64. The normalized spacial score (nSPS) is 13.4. The van der Waals surface area contributed by atoms with Gasteiger partial charge in [0.2, 0.25) is 6.79 Å². The van der Waals surface area contributed by atoms with Gasteiger partial charge in [0.25, 0.3) is 5.91 Å². The van der Waals surface area contributed by atoms with Crippen molar-refractivity contribution in [1.82, 2.24) is 5.43 Å². The molecule has 7 nitrogen and oxygen atoms in total. The highest BCUT2D eigenvalue weighted by Gasteiger charge is 2.18. The second-order valence-corrected chi connectivity index (χ2v) is 6.04. The van der Waals surface area contributed by atoms with E-state index in [0.717, 1.165) is 5.75 Å². The summed E-state index contributed by atoms with van der Waals surface area (Å²) in [6.07, 6.45) is 0.746. The molecular formula is C19H19ClN2O5. The lowest BCUT2D eigenvalue weighted by molar-refractivity contribution is -0.127. The van der Waals surface area contributed by atoms with E-state index in [1.807, 2.05) is 6.92 Å². The van der Waals surface area contributed by atoms with Gasteiger partial charge in [0, 0.05) is 0 Å². The smallest absolute Gasteiger partial charge is 0.280 e. The topological polar surface area (TPSA) is 78.4 Å². The molecule has 0 bridgehead atoms. The van der Waals surface area contributed by atoms with Crippen LogP contribution >= 0.6 is 11.6 Å². The molecule has 0 aromatic heterocycles. The quantitative estimate of drug-likeness (QED) is 0.579. The Morgan fingerprint density at radius 2 is 2.04 bits per heavy atom. The number of hydrogen-bond donors (Lipinski definition) is 1. The first-order valence-electron chi connectivity index (χ1n) is 8.38. The third kappa shape index (κ3) is 4.83. The van der Waals surface area contributed by atoms with Gasteiger partial charge in [-0.25, -0.2) is 5.43 Å². The summed E-state index contributed by atoms with van der Waals surface area (Å²) in [4.78, 5) is 12.1. The van der Waals surface area contributed by atoms with Crippen molar-refractivity contribution in [3.63, 3.8) is 0 Å². The summed E-state index contributed by atoms with van der Waals surface area (Å²) < 4.78 is 21.5. The lowest BCUT2D eigenvalue weighted by Gasteiger charge is -2.13. The van der Waals surface area contributed by atoms with E-state index in [2.05, 4.69) is 10.5 Å². The Hall–Kier alpha value is -2.93. The van der Waals surface area contributed by atoms with E-state index in [0.29, 0.717) is 34.4 Å². The molecule has 0 saturated carbocycles. The Kier molecular flexibility index (Phi) is 6.03. The Morgan fingerprint density at radius 1 is 1.30 bits per heavy atom. The molecule has 2 aromatic rings. The maximum Gasteiger partial charge on any atom is 0.280 e. The monoisotopic (exact) mass is 390 g/mol. The zero-order chi connectivity index (χ0) is 19.2. The number of ether oxygens (including phenoxy) is 4. The van der Waals surface area contributed by atoms with Crippen molar-refractivity contribution in [2.24, 2.45) is 5.10 Å². The largest absolute Gasteiger partial charge is 0.494 e. The van der Waals surface area contributed by atoms with Gasteiger partial charge in [-0.1, -0.05) is 11.6 Å². The zero-order valence-electron chi connectivity index (χ0n) is 14.9. The first-order chi connectivity index (χ1) is 13.1. The van der Waals surface area contributed by atoms with Crippen molar-refractivity contribution in [2.45, 2.75) is 20.0 Å². The summed E-state index contributed by atoms with van der Waals surface area (Å²) in [5, 5.41) is 4.35. The van der Waals surface area contributed by atoms with Crippen LogP contribution in [0.15, 0.2) is 41.5 Å². The van der Waals surface area contributed by atoms with Crippen molar-refractivity contribution < 1.29 is 23.7 Å². The highest BCUT2D eigenvalue weighted by atomic mass is 35.5. The molecule has 0 aliphatic carbocycles. The van der Waals surface area contributed by atoms with Crippen LogP contribution in [0.5, 0.6) is 23.0 Å². The van der Waals surface area contributed by atoms with Gasteiger partial charge in [-0.3, -0.25) is 4.79 Å². The minimum atomic E-state index is -0.722. The number of nitrogens with zero attached hydrogens (tertiary/aromatic N) is 1. The van der Waals surface area contributed by atoms with Crippen LogP contribution in [-0.2, 0) is 4.79 Å². The van der Waals surface area contributed by atoms with E-state index in [9.17, 15) is 4.79 Å². The van der Waals surface area contributed by atoms with Crippen molar-refractivity contribution in [2.75, 3.05) is 13.4 Å². The number of fused-ring (bicyclic) bond motifs is 1. The highest BCUT2D eigenvalue weighted by Crippen LogP contribution is 2.39. The number of rotatable bonds is 7. The zero-order valence-corrected chi connectivity index (χ0v) is 15.7.